The number of carbonyl (C=O) groups excluding carboxylic acids is 1. The Morgan fingerprint density at radius 3 is 2.31 bits per heavy atom. The van der Waals surface area contributed by atoms with Crippen LogP contribution in [0.4, 0.5) is 0 Å². The van der Waals surface area contributed by atoms with E-state index in [1.165, 1.54) is 4.90 Å². The molecule has 2 aromatic carbocycles. The summed E-state index contributed by atoms with van der Waals surface area (Å²) in [6, 6.07) is 19.8. The van der Waals surface area contributed by atoms with Gasteiger partial charge in [-0.15, -0.1) is 0 Å². The van der Waals surface area contributed by atoms with Crippen molar-refractivity contribution in [3.63, 3.8) is 0 Å². The van der Waals surface area contributed by atoms with Crippen LogP contribution in [0, 0.1) is 0 Å². The number of aromatic nitrogens is 2. The van der Waals surface area contributed by atoms with E-state index >= 15 is 0 Å². The molecule has 26 heavy (non-hydrogen) atoms. The van der Waals surface area contributed by atoms with Gasteiger partial charge in [0.15, 0.2) is 5.11 Å². The van der Waals surface area contributed by atoms with Gasteiger partial charge in [0.05, 0.1) is 5.69 Å². The van der Waals surface area contributed by atoms with E-state index < -0.39 is 0 Å². The van der Waals surface area contributed by atoms with Gasteiger partial charge in [0.1, 0.15) is 11.4 Å². The van der Waals surface area contributed by atoms with Crippen molar-refractivity contribution < 1.29 is 4.79 Å². The quantitative estimate of drug-likeness (QED) is 0.576. The van der Waals surface area contributed by atoms with E-state index in [-0.39, 0.29) is 5.91 Å². The lowest BCUT2D eigenvalue weighted by atomic mass is 10.1. The molecule has 1 N–H and O–H groups in total. The van der Waals surface area contributed by atoms with Crippen molar-refractivity contribution in [2.75, 3.05) is 7.05 Å². The van der Waals surface area contributed by atoms with Crippen molar-refractivity contribution >= 4 is 29.3 Å². The highest BCUT2D eigenvalue weighted by atomic mass is 32.1. The maximum absolute atomic E-state index is 12.3. The number of rotatable bonds is 3. The highest BCUT2D eigenvalue weighted by Crippen LogP contribution is 2.26. The molecule has 0 unspecified atom stereocenters. The molecule has 0 radical (unpaired) electrons. The summed E-state index contributed by atoms with van der Waals surface area (Å²) in [6.45, 7) is 0. The Bertz CT molecular complexity index is 1010. The minimum Gasteiger partial charge on any atom is -0.328 e. The molecule has 1 aliphatic rings. The number of para-hydroxylation sites is 1. The molecule has 1 aliphatic heterocycles. The number of nitrogens with zero attached hydrogens (tertiary/aromatic N) is 3. The highest BCUT2D eigenvalue weighted by molar-refractivity contribution is 7.80. The van der Waals surface area contributed by atoms with Crippen LogP contribution in [0.15, 0.2) is 72.6 Å². The number of thiocarbonyl (C=S) groups is 1. The molecular weight excluding hydrogens is 344 g/mol. The normalized spacial score (nSPS) is 15.6. The number of benzene rings is 2. The van der Waals surface area contributed by atoms with E-state index in [1.54, 1.807) is 13.1 Å². The van der Waals surface area contributed by atoms with Gasteiger partial charge in [-0.2, -0.15) is 5.10 Å². The van der Waals surface area contributed by atoms with Crippen LogP contribution in [-0.2, 0) is 4.79 Å². The molecule has 1 aromatic heterocycles. The summed E-state index contributed by atoms with van der Waals surface area (Å²) >= 11 is 5.15. The van der Waals surface area contributed by atoms with Crippen molar-refractivity contribution in [1.82, 2.24) is 20.0 Å². The van der Waals surface area contributed by atoms with E-state index in [1.807, 2.05) is 71.5 Å². The van der Waals surface area contributed by atoms with Gasteiger partial charge in [-0.1, -0.05) is 48.5 Å². The third-order valence-electron chi connectivity index (χ3n) is 4.19. The van der Waals surface area contributed by atoms with Crippen molar-refractivity contribution in [2.24, 2.45) is 0 Å². The molecular formula is C20H16N4OS. The number of hydrogen-bond donors (Lipinski definition) is 1. The fourth-order valence-corrected chi connectivity index (χ4v) is 3.00. The van der Waals surface area contributed by atoms with E-state index in [0.717, 1.165) is 22.5 Å². The van der Waals surface area contributed by atoms with E-state index in [0.29, 0.717) is 10.8 Å². The summed E-state index contributed by atoms with van der Waals surface area (Å²) in [5, 5.41) is 8.10. The van der Waals surface area contributed by atoms with Gasteiger partial charge in [0.2, 0.25) is 0 Å². The first-order chi connectivity index (χ1) is 12.6. The summed E-state index contributed by atoms with van der Waals surface area (Å²) in [7, 11) is 1.66. The number of nitrogens with one attached hydrogen (secondary N) is 1. The first-order valence-electron chi connectivity index (χ1n) is 8.15. The molecule has 5 nitrogen and oxygen atoms in total. The van der Waals surface area contributed by atoms with Crippen molar-refractivity contribution in [3.8, 4) is 16.9 Å². The van der Waals surface area contributed by atoms with Gasteiger partial charge < -0.3 is 5.32 Å². The standard InChI is InChI=1S/C20H16N4OS/c1-23-19(25)17(21-20(23)26)12-15-13-24(16-10-6-3-7-11-16)22-18(15)14-8-4-2-5-9-14/h2-13H,1H3,(H,21,26)/b17-12+. The number of carbonyl (C=O) groups is 1. The van der Waals surface area contributed by atoms with Crippen LogP contribution >= 0.6 is 12.2 Å². The lowest BCUT2D eigenvalue weighted by Gasteiger charge is -2.02. The highest BCUT2D eigenvalue weighted by Gasteiger charge is 2.27. The van der Waals surface area contributed by atoms with Crippen LogP contribution in [-0.4, -0.2) is 32.7 Å². The fourth-order valence-electron chi connectivity index (χ4n) is 2.81. The van der Waals surface area contributed by atoms with Gasteiger partial charge in [-0.25, -0.2) is 4.68 Å². The predicted octanol–water partition coefficient (Wildman–Crippen LogP) is 3.23. The molecule has 0 aliphatic carbocycles. The van der Waals surface area contributed by atoms with Gasteiger partial charge in [0.25, 0.3) is 5.91 Å². The summed E-state index contributed by atoms with van der Waals surface area (Å²) in [6.07, 6.45) is 3.72. The maximum atomic E-state index is 12.3. The summed E-state index contributed by atoms with van der Waals surface area (Å²) in [5.74, 6) is -0.151. The summed E-state index contributed by atoms with van der Waals surface area (Å²) in [4.78, 5) is 13.7. The predicted molar refractivity (Wildman–Crippen MR) is 105 cm³/mol. The van der Waals surface area contributed by atoms with Crippen molar-refractivity contribution in [1.29, 1.82) is 0 Å². The Balaban J connectivity index is 1.84. The molecule has 0 spiro atoms. The average molecular weight is 360 g/mol. The molecule has 6 heteroatoms. The van der Waals surface area contributed by atoms with E-state index in [4.69, 9.17) is 17.3 Å². The largest absolute Gasteiger partial charge is 0.328 e. The van der Waals surface area contributed by atoms with Crippen LogP contribution in [0.25, 0.3) is 23.0 Å². The summed E-state index contributed by atoms with van der Waals surface area (Å²) in [5.41, 5.74) is 4.02. The zero-order valence-corrected chi connectivity index (χ0v) is 14.9. The van der Waals surface area contributed by atoms with Crippen LogP contribution in [0.5, 0.6) is 0 Å². The monoisotopic (exact) mass is 360 g/mol. The Labute approximate surface area is 156 Å². The van der Waals surface area contributed by atoms with Gasteiger partial charge in [0, 0.05) is 24.4 Å². The lowest BCUT2D eigenvalue weighted by molar-refractivity contribution is -0.121. The second kappa shape index (κ2) is 6.57. The Kier molecular flexibility index (Phi) is 4.10. The Hall–Kier alpha value is -3.25. The molecule has 4 rings (SSSR count). The number of hydrogen-bond acceptors (Lipinski definition) is 3. The van der Waals surface area contributed by atoms with Crippen molar-refractivity contribution in [3.05, 3.63) is 78.1 Å². The third-order valence-corrected chi connectivity index (χ3v) is 4.57. The maximum Gasteiger partial charge on any atom is 0.276 e. The Morgan fingerprint density at radius 1 is 1.04 bits per heavy atom. The summed E-state index contributed by atoms with van der Waals surface area (Å²) < 4.78 is 1.82. The first-order valence-corrected chi connectivity index (χ1v) is 8.55. The second-order valence-electron chi connectivity index (χ2n) is 5.93. The van der Waals surface area contributed by atoms with Crippen LogP contribution in [0.3, 0.4) is 0 Å². The smallest absolute Gasteiger partial charge is 0.276 e. The molecule has 0 saturated carbocycles. The topological polar surface area (TPSA) is 50.2 Å². The Morgan fingerprint density at radius 2 is 1.69 bits per heavy atom. The van der Waals surface area contributed by atoms with Crippen LogP contribution < -0.4 is 5.32 Å². The third kappa shape index (κ3) is 2.91. The molecule has 0 bridgehead atoms. The molecule has 0 atom stereocenters. The van der Waals surface area contributed by atoms with Crippen LogP contribution in [0.2, 0.25) is 0 Å². The first kappa shape index (κ1) is 16.2. The van der Waals surface area contributed by atoms with E-state index in [9.17, 15) is 4.79 Å². The van der Waals surface area contributed by atoms with Gasteiger partial charge in [-0.05, 0) is 30.4 Å². The molecule has 1 fully saturated rings. The number of likely N-dealkylation sites (N-methyl/N-ethyl adjacent to an activating group) is 1. The SMILES string of the molecule is CN1C(=O)/C(=C\c2cn(-c3ccccc3)nc2-c2ccccc2)NC1=S. The zero-order valence-electron chi connectivity index (χ0n) is 14.1. The van der Waals surface area contributed by atoms with Crippen LogP contribution in [0.1, 0.15) is 5.56 Å². The van der Waals surface area contributed by atoms with Gasteiger partial charge in [-0.3, -0.25) is 9.69 Å². The average Bonchev–Trinajstić information content (AvgIpc) is 3.21. The minimum absolute atomic E-state index is 0.151. The zero-order chi connectivity index (χ0) is 18.1. The molecule has 128 valence electrons. The fraction of sp³-hybridized carbons (Fsp3) is 0.0500. The molecule has 3 aromatic rings. The van der Waals surface area contributed by atoms with Gasteiger partial charge >= 0.3 is 0 Å². The lowest BCUT2D eigenvalue weighted by Crippen LogP contribution is -2.25. The van der Waals surface area contributed by atoms with E-state index in [2.05, 4.69) is 5.32 Å². The molecule has 1 saturated heterocycles. The number of amides is 1. The molecule has 2 heterocycles. The molecule has 1 amide bonds. The minimum atomic E-state index is -0.151. The van der Waals surface area contributed by atoms with Crippen molar-refractivity contribution in [2.45, 2.75) is 0 Å². The second-order valence-corrected chi connectivity index (χ2v) is 6.32.